The van der Waals surface area contributed by atoms with Crippen LogP contribution in [0.3, 0.4) is 0 Å². The highest BCUT2D eigenvalue weighted by molar-refractivity contribution is 7.90. The third-order valence-corrected chi connectivity index (χ3v) is 7.89. The van der Waals surface area contributed by atoms with Crippen LogP contribution >= 0.6 is 11.3 Å². The summed E-state index contributed by atoms with van der Waals surface area (Å²) >= 11 is 0.975. The van der Waals surface area contributed by atoms with Gasteiger partial charge in [-0.25, -0.2) is 18.0 Å². The SMILES string of the molecule is CCOC(=O)c1c(NC(=O)Cn2c(=O)oc3cc([N+](=O)[O-])ccc32)sc2c1CCS(=O)(=O)C2. The first-order valence-corrected chi connectivity index (χ1v) is 12.3. The van der Waals surface area contributed by atoms with Crippen molar-refractivity contribution in [2.24, 2.45) is 0 Å². The molecule has 3 aromatic rings. The van der Waals surface area contributed by atoms with E-state index < -0.39 is 38.9 Å². The minimum absolute atomic E-state index is 0.0500. The van der Waals surface area contributed by atoms with Crippen molar-refractivity contribution in [2.75, 3.05) is 17.7 Å². The lowest BCUT2D eigenvalue weighted by Crippen LogP contribution is -2.25. The molecule has 0 spiro atoms. The number of hydrogen-bond donors (Lipinski definition) is 1. The van der Waals surface area contributed by atoms with E-state index in [1.165, 1.54) is 12.1 Å². The molecule has 33 heavy (non-hydrogen) atoms. The maximum Gasteiger partial charge on any atom is 0.420 e. The summed E-state index contributed by atoms with van der Waals surface area (Å²) in [6.45, 7) is 1.23. The number of amides is 1. The van der Waals surface area contributed by atoms with Crippen LogP contribution in [0.5, 0.6) is 0 Å². The van der Waals surface area contributed by atoms with Gasteiger partial charge in [0.1, 0.15) is 11.5 Å². The Kier molecular flexibility index (Phi) is 5.80. The number of aromatic nitrogens is 1. The number of esters is 1. The Hall–Kier alpha value is -3.52. The van der Waals surface area contributed by atoms with Crippen molar-refractivity contribution < 1.29 is 32.1 Å². The number of anilines is 1. The Labute approximate surface area is 189 Å². The number of oxazole rings is 1. The topological polar surface area (TPSA) is 168 Å². The molecule has 0 atom stereocenters. The number of benzene rings is 1. The molecule has 0 saturated carbocycles. The van der Waals surface area contributed by atoms with Gasteiger partial charge in [0.15, 0.2) is 15.4 Å². The number of ether oxygens (including phenoxy) is 1. The van der Waals surface area contributed by atoms with Gasteiger partial charge in [-0.3, -0.25) is 19.5 Å². The summed E-state index contributed by atoms with van der Waals surface area (Å²) in [7, 11) is -3.31. The number of thiophene rings is 1. The maximum atomic E-state index is 12.7. The second kappa shape index (κ2) is 8.44. The molecular weight excluding hydrogens is 478 g/mol. The number of non-ortho nitro benzene ring substituents is 1. The molecule has 1 aliphatic heterocycles. The number of carbonyl (C=O) groups excluding carboxylic acids is 2. The molecular formula is C19H17N3O9S2. The number of nitrogens with zero attached hydrogens (tertiary/aromatic N) is 2. The largest absolute Gasteiger partial charge is 0.462 e. The van der Waals surface area contributed by atoms with Gasteiger partial charge in [0.05, 0.1) is 40.2 Å². The van der Waals surface area contributed by atoms with E-state index in [0.717, 1.165) is 22.0 Å². The summed E-state index contributed by atoms with van der Waals surface area (Å²) in [6.07, 6.45) is 0.128. The van der Waals surface area contributed by atoms with E-state index in [9.17, 15) is 32.9 Å². The molecule has 12 nitrogen and oxygen atoms in total. The second-order valence-electron chi connectivity index (χ2n) is 7.18. The first-order chi connectivity index (χ1) is 15.6. The molecule has 0 saturated heterocycles. The minimum Gasteiger partial charge on any atom is -0.462 e. The van der Waals surface area contributed by atoms with Gasteiger partial charge in [-0.2, -0.15) is 0 Å². The van der Waals surface area contributed by atoms with Crippen molar-refractivity contribution >= 4 is 54.8 Å². The van der Waals surface area contributed by atoms with Crippen LogP contribution in [0, 0.1) is 10.1 Å². The lowest BCUT2D eigenvalue weighted by atomic mass is 10.1. The molecule has 1 aromatic carbocycles. The summed E-state index contributed by atoms with van der Waals surface area (Å²) < 4.78 is 35.1. The number of nitro benzene ring substituents is 1. The van der Waals surface area contributed by atoms with Crippen LogP contribution < -0.4 is 11.1 Å². The van der Waals surface area contributed by atoms with Crippen molar-refractivity contribution in [1.29, 1.82) is 0 Å². The van der Waals surface area contributed by atoms with Gasteiger partial charge in [-0.15, -0.1) is 11.3 Å². The molecule has 0 unspecified atom stereocenters. The number of rotatable bonds is 6. The fourth-order valence-electron chi connectivity index (χ4n) is 3.56. The van der Waals surface area contributed by atoms with Crippen LogP contribution in [-0.4, -0.2) is 42.1 Å². The maximum absolute atomic E-state index is 12.7. The zero-order chi connectivity index (χ0) is 23.9. The Morgan fingerprint density at radius 3 is 2.82 bits per heavy atom. The predicted octanol–water partition coefficient (Wildman–Crippen LogP) is 1.85. The van der Waals surface area contributed by atoms with Crippen molar-refractivity contribution in [3.8, 4) is 0 Å². The Balaban J connectivity index is 1.65. The number of carbonyl (C=O) groups is 2. The molecule has 14 heteroatoms. The molecule has 0 fully saturated rings. The average molecular weight is 495 g/mol. The van der Waals surface area contributed by atoms with Gasteiger partial charge < -0.3 is 14.5 Å². The number of fused-ring (bicyclic) bond motifs is 2. The normalized spacial score (nSPS) is 14.6. The van der Waals surface area contributed by atoms with Crippen molar-refractivity contribution in [1.82, 2.24) is 4.57 Å². The zero-order valence-corrected chi connectivity index (χ0v) is 18.8. The number of sulfone groups is 1. The first kappa shape index (κ1) is 22.7. The second-order valence-corrected chi connectivity index (χ2v) is 10.5. The highest BCUT2D eigenvalue weighted by Crippen LogP contribution is 2.38. The molecule has 4 rings (SSSR count). The smallest absolute Gasteiger partial charge is 0.420 e. The van der Waals surface area contributed by atoms with Crippen LogP contribution in [0.25, 0.3) is 11.1 Å². The Morgan fingerprint density at radius 2 is 2.12 bits per heavy atom. The fraction of sp³-hybridized carbons (Fsp3) is 0.316. The van der Waals surface area contributed by atoms with Crippen LogP contribution in [0.1, 0.15) is 27.7 Å². The highest BCUT2D eigenvalue weighted by atomic mass is 32.2. The fourth-order valence-corrected chi connectivity index (χ4v) is 6.61. The van der Waals surface area contributed by atoms with E-state index in [1.807, 2.05) is 0 Å². The van der Waals surface area contributed by atoms with Gasteiger partial charge in [-0.05, 0) is 25.0 Å². The Bertz CT molecular complexity index is 1460. The summed E-state index contributed by atoms with van der Waals surface area (Å²) in [4.78, 5) is 48.2. The average Bonchev–Trinajstić information content (AvgIpc) is 3.23. The van der Waals surface area contributed by atoms with Gasteiger partial charge in [0, 0.05) is 10.9 Å². The molecule has 174 valence electrons. The molecule has 3 heterocycles. The van der Waals surface area contributed by atoms with Crippen LogP contribution in [0.4, 0.5) is 10.7 Å². The Morgan fingerprint density at radius 1 is 1.36 bits per heavy atom. The number of nitrogens with one attached hydrogen (secondary N) is 1. The lowest BCUT2D eigenvalue weighted by Gasteiger charge is -2.13. The van der Waals surface area contributed by atoms with E-state index in [4.69, 9.17) is 9.15 Å². The lowest BCUT2D eigenvalue weighted by molar-refractivity contribution is -0.384. The molecule has 2 aromatic heterocycles. The zero-order valence-electron chi connectivity index (χ0n) is 17.2. The van der Waals surface area contributed by atoms with E-state index in [0.29, 0.717) is 10.4 Å². The first-order valence-electron chi connectivity index (χ1n) is 9.69. The summed E-state index contributed by atoms with van der Waals surface area (Å²) in [5.74, 6) is -2.59. The van der Waals surface area contributed by atoms with Gasteiger partial charge >= 0.3 is 11.7 Å². The van der Waals surface area contributed by atoms with Gasteiger partial charge in [-0.1, -0.05) is 0 Å². The van der Waals surface area contributed by atoms with Crippen molar-refractivity contribution in [2.45, 2.75) is 25.6 Å². The van der Waals surface area contributed by atoms with E-state index in [2.05, 4.69) is 5.32 Å². The molecule has 0 radical (unpaired) electrons. The van der Waals surface area contributed by atoms with E-state index >= 15 is 0 Å². The standard InChI is InChI=1S/C19H17N3O9S2/c1-2-30-18(24)16-11-5-6-33(28,29)9-14(11)32-17(16)20-15(23)8-21-12-4-3-10(22(26)27)7-13(12)31-19(21)25/h3-4,7H,2,5-6,8-9H2,1H3,(H,20,23). The van der Waals surface area contributed by atoms with E-state index in [1.54, 1.807) is 6.92 Å². The molecule has 1 aliphatic rings. The highest BCUT2D eigenvalue weighted by Gasteiger charge is 2.32. The molecule has 0 aliphatic carbocycles. The minimum atomic E-state index is -3.31. The van der Waals surface area contributed by atoms with Crippen molar-refractivity contribution in [3.63, 3.8) is 0 Å². The quantitative estimate of drug-likeness (QED) is 0.305. The van der Waals surface area contributed by atoms with Crippen molar-refractivity contribution in [3.05, 3.63) is 54.9 Å². The van der Waals surface area contributed by atoms with E-state index in [-0.39, 0.29) is 51.9 Å². The van der Waals surface area contributed by atoms with Crippen LogP contribution in [-0.2, 0) is 38.1 Å². The summed E-state index contributed by atoms with van der Waals surface area (Å²) in [6, 6.07) is 3.56. The number of hydrogen-bond acceptors (Lipinski definition) is 10. The summed E-state index contributed by atoms with van der Waals surface area (Å²) in [5, 5.41) is 13.6. The number of nitro groups is 1. The van der Waals surface area contributed by atoms with Crippen LogP contribution in [0.15, 0.2) is 27.4 Å². The molecule has 1 N–H and O–H groups in total. The third kappa shape index (κ3) is 4.39. The van der Waals surface area contributed by atoms with Crippen LogP contribution in [0.2, 0.25) is 0 Å². The monoisotopic (exact) mass is 495 g/mol. The van der Waals surface area contributed by atoms with Gasteiger partial charge in [0.25, 0.3) is 5.69 Å². The molecule has 1 amide bonds. The third-order valence-electron chi connectivity index (χ3n) is 5.00. The summed E-state index contributed by atoms with van der Waals surface area (Å²) in [5.41, 5.74) is 0.502. The molecule has 0 bridgehead atoms. The van der Waals surface area contributed by atoms with Gasteiger partial charge in [0.2, 0.25) is 5.91 Å². The predicted molar refractivity (Wildman–Crippen MR) is 117 cm³/mol.